The van der Waals surface area contributed by atoms with Gasteiger partial charge < -0.3 is 0 Å². The van der Waals surface area contributed by atoms with Crippen molar-refractivity contribution in [3.63, 3.8) is 0 Å². The van der Waals surface area contributed by atoms with Crippen LogP contribution in [0.4, 0.5) is 0 Å². The van der Waals surface area contributed by atoms with E-state index in [0.29, 0.717) is 6.04 Å². The van der Waals surface area contributed by atoms with Crippen molar-refractivity contribution in [2.45, 2.75) is 58.4 Å². The van der Waals surface area contributed by atoms with Crippen LogP contribution < -0.4 is 0 Å². The summed E-state index contributed by atoms with van der Waals surface area (Å²) in [5, 5.41) is 10.2. The van der Waals surface area contributed by atoms with E-state index < -0.39 is 5.41 Å². The summed E-state index contributed by atoms with van der Waals surface area (Å²) in [6, 6.07) is 22.1. The molecule has 0 aromatic heterocycles. The van der Waals surface area contributed by atoms with Crippen LogP contribution in [0.2, 0.25) is 0 Å². The molecular formula is C25H33BrN2. The van der Waals surface area contributed by atoms with Gasteiger partial charge in [-0.2, -0.15) is 5.26 Å². The lowest BCUT2D eigenvalue weighted by atomic mass is 9.70. The Balaban J connectivity index is 2.13. The van der Waals surface area contributed by atoms with Crippen molar-refractivity contribution < 1.29 is 0 Å². The molecule has 3 heteroatoms. The standard InChI is InChI=1S/C25H33BrN2/c1-5-17-28(21(4)22-10-7-6-8-11-22)18-9-16-25(19-27,20(2)3)23-12-14-24(26)15-13-23/h6-8,10-15,20-21H,5,9,16-18H2,1-4H3. The predicted molar refractivity (Wildman–Crippen MR) is 122 cm³/mol. The van der Waals surface area contributed by atoms with Crippen molar-refractivity contribution in [3.8, 4) is 6.07 Å². The van der Waals surface area contributed by atoms with Gasteiger partial charge in [0.1, 0.15) is 0 Å². The maximum absolute atomic E-state index is 10.2. The Morgan fingerprint density at radius 2 is 1.64 bits per heavy atom. The molecule has 2 unspecified atom stereocenters. The third-order valence-electron chi connectivity index (χ3n) is 5.90. The van der Waals surface area contributed by atoms with Gasteiger partial charge in [0.2, 0.25) is 0 Å². The summed E-state index contributed by atoms with van der Waals surface area (Å²) in [5.41, 5.74) is 2.06. The van der Waals surface area contributed by atoms with Crippen molar-refractivity contribution in [2.75, 3.05) is 13.1 Å². The van der Waals surface area contributed by atoms with Gasteiger partial charge in [-0.3, -0.25) is 4.90 Å². The van der Waals surface area contributed by atoms with Crippen molar-refractivity contribution in [3.05, 3.63) is 70.2 Å². The average molecular weight is 441 g/mol. The van der Waals surface area contributed by atoms with Crippen LogP contribution in [0.25, 0.3) is 0 Å². The number of hydrogen-bond donors (Lipinski definition) is 0. The van der Waals surface area contributed by atoms with Gasteiger partial charge in [0, 0.05) is 10.5 Å². The summed E-state index contributed by atoms with van der Waals surface area (Å²) in [7, 11) is 0. The summed E-state index contributed by atoms with van der Waals surface area (Å²) in [5.74, 6) is 0.268. The Kier molecular flexibility index (Phi) is 8.73. The van der Waals surface area contributed by atoms with Crippen LogP contribution >= 0.6 is 15.9 Å². The first kappa shape index (κ1) is 22.7. The molecule has 2 rings (SSSR count). The topological polar surface area (TPSA) is 27.0 Å². The van der Waals surface area contributed by atoms with Crippen LogP contribution in [0.15, 0.2) is 59.1 Å². The highest BCUT2D eigenvalue weighted by Crippen LogP contribution is 2.37. The van der Waals surface area contributed by atoms with Gasteiger partial charge in [-0.1, -0.05) is 79.2 Å². The minimum absolute atomic E-state index is 0.268. The summed E-state index contributed by atoms with van der Waals surface area (Å²) in [4.78, 5) is 2.55. The summed E-state index contributed by atoms with van der Waals surface area (Å²) >= 11 is 3.51. The number of rotatable bonds is 10. The van der Waals surface area contributed by atoms with Gasteiger partial charge in [-0.05, 0) is 68.5 Å². The fourth-order valence-electron chi connectivity index (χ4n) is 4.05. The van der Waals surface area contributed by atoms with E-state index in [4.69, 9.17) is 0 Å². The zero-order valence-electron chi connectivity index (χ0n) is 17.7. The van der Waals surface area contributed by atoms with Crippen molar-refractivity contribution >= 4 is 15.9 Å². The average Bonchev–Trinajstić information content (AvgIpc) is 2.71. The third kappa shape index (κ3) is 5.46. The van der Waals surface area contributed by atoms with E-state index >= 15 is 0 Å². The fourth-order valence-corrected chi connectivity index (χ4v) is 4.32. The number of nitriles is 1. The first-order chi connectivity index (χ1) is 13.4. The summed E-state index contributed by atoms with van der Waals surface area (Å²) in [6.07, 6.45) is 3.03. The Morgan fingerprint density at radius 3 is 2.18 bits per heavy atom. The van der Waals surface area contributed by atoms with Gasteiger partial charge in [-0.15, -0.1) is 0 Å². The maximum atomic E-state index is 10.2. The molecule has 0 saturated carbocycles. The van der Waals surface area contributed by atoms with E-state index in [1.165, 1.54) is 5.56 Å². The molecule has 0 fully saturated rings. The zero-order chi connectivity index (χ0) is 20.6. The highest BCUT2D eigenvalue weighted by atomic mass is 79.9. The molecule has 2 aromatic carbocycles. The SMILES string of the molecule is CCCN(CCCC(C#N)(c1ccc(Br)cc1)C(C)C)C(C)c1ccccc1. The molecule has 0 bridgehead atoms. The van der Waals surface area contributed by atoms with E-state index in [1.807, 2.05) is 12.1 Å². The first-order valence-corrected chi connectivity index (χ1v) is 11.2. The molecule has 0 aliphatic heterocycles. The minimum atomic E-state index is -0.436. The second-order valence-electron chi connectivity index (χ2n) is 7.97. The minimum Gasteiger partial charge on any atom is -0.297 e. The van der Waals surface area contributed by atoms with Gasteiger partial charge in [0.25, 0.3) is 0 Å². The van der Waals surface area contributed by atoms with Crippen LogP contribution in [0.5, 0.6) is 0 Å². The number of benzene rings is 2. The molecule has 2 atom stereocenters. The molecule has 0 aliphatic rings. The van der Waals surface area contributed by atoms with Gasteiger partial charge in [-0.25, -0.2) is 0 Å². The quantitative estimate of drug-likeness (QED) is 0.393. The van der Waals surface area contributed by atoms with Gasteiger partial charge in [0.15, 0.2) is 0 Å². The lowest BCUT2D eigenvalue weighted by Crippen LogP contribution is -2.34. The van der Waals surface area contributed by atoms with Crippen molar-refractivity contribution in [1.29, 1.82) is 5.26 Å². The lowest BCUT2D eigenvalue weighted by Gasteiger charge is -2.34. The summed E-state index contributed by atoms with van der Waals surface area (Å²) < 4.78 is 1.05. The molecule has 2 nitrogen and oxygen atoms in total. The van der Waals surface area contributed by atoms with Crippen LogP contribution in [0.3, 0.4) is 0 Å². The predicted octanol–water partition coefficient (Wildman–Crippen LogP) is 7.12. The molecule has 0 amide bonds. The first-order valence-electron chi connectivity index (χ1n) is 10.4. The number of hydrogen-bond acceptors (Lipinski definition) is 2. The Bertz CT molecular complexity index is 748. The summed E-state index contributed by atoms with van der Waals surface area (Å²) in [6.45, 7) is 11.0. The highest BCUT2D eigenvalue weighted by Gasteiger charge is 2.35. The lowest BCUT2D eigenvalue weighted by molar-refractivity contribution is 0.198. The fraction of sp³-hybridized carbons (Fsp3) is 0.480. The van der Waals surface area contributed by atoms with Crippen LogP contribution in [-0.4, -0.2) is 18.0 Å². The number of nitrogens with zero attached hydrogens (tertiary/aromatic N) is 2. The highest BCUT2D eigenvalue weighted by molar-refractivity contribution is 9.10. The molecule has 0 spiro atoms. The molecule has 0 aliphatic carbocycles. The van der Waals surface area contributed by atoms with Crippen LogP contribution in [0, 0.1) is 17.2 Å². The van der Waals surface area contributed by atoms with E-state index in [9.17, 15) is 5.26 Å². The molecule has 0 radical (unpaired) electrons. The normalized spacial score (nSPS) is 14.6. The molecule has 0 saturated heterocycles. The molecule has 150 valence electrons. The molecule has 28 heavy (non-hydrogen) atoms. The monoisotopic (exact) mass is 440 g/mol. The van der Waals surface area contributed by atoms with E-state index in [0.717, 1.165) is 42.4 Å². The molecular weight excluding hydrogens is 408 g/mol. The largest absolute Gasteiger partial charge is 0.297 e. The second-order valence-corrected chi connectivity index (χ2v) is 8.89. The Hall–Kier alpha value is -1.63. The zero-order valence-corrected chi connectivity index (χ0v) is 19.2. The van der Waals surface area contributed by atoms with Crippen LogP contribution in [-0.2, 0) is 5.41 Å². The Morgan fingerprint density at radius 1 is 1.00 bits per heavy atom. The van der Waals surface area contributed by atoms with Gasteiger partial charge >= 0.3 is 0 Å². The maximum Gasteiger partial charge on any atom is 0.0845 e. The molecule has 2 aromatic rings. The van der Waals surface area contributed by atoms with E-state index in [-0.39, 0.29) is 5.92 Å². The smallest absolute Gasteiger partial charge is 0.0845 e. The van der Waals surface area contributed by atoms with E-state index in [1.54, 1.807) is 0 Å². The van der Waals surface area contributed by atoms with E-state index in [2.05, 4.69) is 97.1 Å². The van der Waals surface area contributed by atoms with Crippen molar-refractivity contribution in [1.82, 2.24) is 4.90 Å². The molecule has 0 heterocycles. The van der Waals surface area contributed by atoms with Gasteiger partial charge in [0.05, 0.1) is 11.5 Å². The van der Waals surface area contributed by atoms with Crippen molar-refractivity contribution in [2.24, 2.45) is 5.92 Å². The molecule has 0 N–H and O–H groups in total. The van der Waals surface area contributed by atoms with Crippen LogP contribution in [0.1, 0.15) is 64.1 Å². The Labute approximate surface area is 179 Å². The number of halogens is 1. The second kappa shape index (κ2) is 10.8. The third-order valence-corrected chi connectivity index (χ3v) is 6.43.